The van der Waals surface area contributed by atoms with E-state index in [1.54, 1.807) is 12.1 Å². The van der Waals surface area contributed by atoms with Crippen LogP contribution in [0.5, 0.6) is 17.2 Å². The number of benzene rings is 5. The van der Waals surface area contributed by atoms with Gasteiger partial charge in [0.1, 0.15) is 17.2 Å². The molecule has 0 aliphatic heterocycles. The number of ether oxygens (including phenoxy) is 4. The monoisotopic (exact) mass is 796 g/mol. The minimum absolute atomic E-state index is 0.0640. The zero-order chi connectivity index (χ0) is 41.3. The number of rotatable bonds is 27. The number of nitro groups is 1. The Hall–Kier alpha value is -6.14. The molecule has 0 saturated carbocycles. The number of hydrogen-bond donors (Lipinski definition) is 0. The van der Waals surface area contributed by atoms with E-state index in [2.05, 4.69) is 18.2 Å². The molecule has 0 N–H and O–H groups in total. The van der Waals surface area contributed by atoms with E-state index < -0.39 is 4.92 Å². The van der Waals surface area contributed by atoms with Crippen LogP contribution in [0, 0.1) is 21.4 Å². The third kappa shape index (κ3) is 16.0. The summed E-state index contributed by atoms with van der Waals surface area (Å²) in [6.07, 6.45) is 15.3. The van der Waals surface area contributed by atoms with Crippen molar-refractivity contribution in [2.24, 2.45) is 0 Å². The highest BCUT2D eigenvalue weighted by molar-refractivity contribution is 5.90. The van der Waals surface area contributed by atoms with E-state index in [1.807, 2.05) is 84.9 Å². The molecule has 59 heavy (non-hydrogen) atoms. The molecule has 0 bridgehead atoms. The summed E-state index contributed by atoms with van der Waals surface area (Å²) in [6, 6.07) is 39.6. The predicted molar refractivity (Wildman–Crippen MR) is 233 cm³/mol. The van der Waals surface area contributed by atoms with Crippen LogP contribution in [0.1, 0.15) is 106 Å². The molecular weight excluding hydrogens is 741 g/mol. The van der Waals surface area contributed by atoms with Crippen molar-refractivity contribution in [1.29, 1.82) is 5.26 Å². The number of unbranched alkanes of at least 4 members (excludes halogenated alkanes) is 12. The number of nitriles is 1. The van der Waals surface area contributed by atoms with E-state index in [-0.39, 0.29) is 11.7 Å². The zero-order valence-electron chi connectivity index (χ0n) is 34.0. The van der Waals surface area contributed by atoms with Crippen LogP contribution >= 0.6 is 0 Å². The highest BCUT2D eigenvalue weighted by Crippen LogP contribution is 2.25. The quantitative estimate of drug-likeness (QED) is 0.0223. The fourth-order valence-electron chi connectivity index (χ4n) is 6.68. The summed E-state index contributed by atoms with van der Waals surface area (Å²) in [5, 5.41) is 19.7. The van der Waals surface area contributed by atoms with Crippen molar-refractivity contribution >= 4 is 11.7 Å². The van der Waals surface area contributed by atoms with Crippen LogP contribution in [0.15, 0.2) is 121 Å². The topological polar surface area (TPSA) is 121 Å². The SMILES string of the molecule is N#Cc1ccc(-c2ccc(OCCCCCCCCCCCOC(=O)c3ccc(-c4ccc(OCCCCCCCOc5ccc([N+](=O)[O-])cc5)cc4)cc3)cc2)cc1. The number of esters is 1. The molecule has 0 spiro atoms. The Morgan fingerprint density at radius 1 is 0.458 bits per heavy atom. The molecule has 308 valence electrons. The lowest BCUT2D eigenvalue weighted by molar-refractivity contribution is -0.384. The molecule has 0 radical (unpaired) electrons. The molecule has 5 rings (SSSR count). The maximum absolute atomic E-state index is 12.6. The van der Waals surface area contributed by atoms with E-state index in [0.717, 1.165) is 98.1 Å². The maximum Gasteiger partial charge on any atom is 0.338 e. The van der Waals surface area contributed by atoms with Gasteiger partial charge in [0.15, 0.2) is 0 Å². The highest BCUT2D eigenvalue weighted by Gasteiger charge is 2.09. The molecule has 0 aromatic heterocycles. The summed E-state index contributed by atoms with van der Waals surface area (Å²) < 4.78 is 23.1. The Kier molecular flexibility index (Phi) is 18.8. The summed E-state index contributed by atoms with van der Waals surface area (Å²) in [6.45, 7) is 2.43. The summed E-state index contributed by atoms with van der Waals surface area (Å²) in [5.74, 6) is 2.10. The first-order valence-electron chi connectivity index (χ1n) is 21.1. The lowest BCUT2D eigenvalue weighted by Crippen LogP contribution is -2.06. The number of nitro benzene ring substituents is 1. The van der Waals surface area contributed by atoms with Crippen molar-refractivity contribution in [3.8, 4) is 45.6 Å². The van der Waals surface area contributed by atoms with Crippen molar-refractivity contribution in [3.05, 3.63) is 143 Å². The Morgan fingerprint density at radius 3 is 1.15 bits per heavy atom. The third-order valence-corrected chi connectivity index (χ3v) is 10.2. The van der Waals surface area contributed by atoms with Gasteiger partial charge in [-0.2, -0.15) is 5.26 Å². The van der Waals surface area contributed by atoms with Crippen molar-refractivity contribution in [2.75, 3.05) is 26.4 Å². The van der Waals surface area contributed by atoms with Gasteiger partial charge in [0.2, 0.25) is 0 Å². The predicted octanol–water partition coefficient (Wildman–Crippen LogP) is 13.0. The average Bonchev–Trinajstić information content (AvgIpc) is 3.28. The van der Waals surface area contributed by atoms with Gasteiger partial charge >= 0.3 is 5.97 Å². The fourth-order valence-corrected chi connectivity index (χ4v) is 6.68. The molecule has 0 unspecified atom stereocenters. The summed E-state index contributed by atoms with van der Waals surface area (Å²) >= 11 is 0. The van der Waals surface area contributed by atoms with Crippen LogP contribution in [-0.4, -0.2) is 37.3 Å². The molecule has 0 aliphatic carbocycles. The minimum atomic E-state index is -0.416. The Labute approximate surface area is 349 Å². The molecule has 0 amide bonds. The molecule has 5 aromatic rings. The lowest BCUT2D eigenvalue weighted by Gasteiger charge is -2.09. The van der Waals surface area contributed by atoms with E-state index in [4.69, 9.17) is 24.2 Å². The van der Waals surface area contributed by atoms with Gasteiger partial charge in [0, 0.05) is 12.1 Å². The van der Waals surface area contributed by atoms with Crippen LogP contribution in [0.25, 0.3) is 22.3 Å². The molecule has 9 heteroatoms. The van der Waals surface area contributed by atoms with Gasteiger partial charge in [0.05, 0.1) is 48.5 Å². The molecule has 0 saturated heterocycles. The minimum Gasteiger partial charge on any atom is -0.494 e. The number of hydrogen-bond acceptors (Lipinski definition) is 8. The van der Waals surface area contributed by atoms with Crippen molar-refractivity contribution < 1.29 is 28.7 Å². The Balaban J connectivity index is 0.821. The number of non-ortho nitro benzene ring substituents is 1. The first-order valence-corrected chi connectivity index (χ1v) is 21.1. The Morgan fingerprint density at radius 2 is 0.780 bits per heavy atom. The van der Waals surface area contributed by atoms with E-state index in [1.165, 1.54) is 44.2 Å². The van der Waals surface area contributed by atoms with Crippen LogP contribution < -0.4 is 14.2 Å². The van der Waals surface area contributed by atoms with Crippen molar-refractivity contribution in [2.45, 2.75) is 89.9 Å². The van der Waals surface area contributed by atoms with Crippen LogP contribution in [0.3, 0.4) is 0 Å². The van der Waals surface area contributed by atoms with E-state index >= 15 is 0 Å². The summed E-state index contributed by atoms with van der Waals surface area (Å²) in [5.41, 5.74) is 5.58. The van der Waals surface area contributed by atoms with Gasteiger partial charge in [-0.3, -0.25) is 10.1 Å². The third-order valence-electron chi connectivity index (χ3n) is 10.2. The molecule has 0 aliphatic rings. The molecular formula is C50H56N2O7. The van der Waals surface area contributed by atoms with E-state index in [0.29, 0.717) is 36.7 Å². The van der Waals surface area contributed by atoms with Gasteiger partial charge in [-0.05, 0) is 109 Å². The van der Waals surface area contributed by atoms with Gasteiger partial charge < -0.3 is 18.9 Å². The second kappa shape index (κ2) is 25.3. The number of nitrogens with zero attached hydrogens (tertiary/aromatic N) is 2. The van der Waals surface area contributed by atoms with Gasteiger partial charge in [0.25, 0.3) is 5.69 Å². The zero-order valence-corrected chi connectivity index (χ0v) is 34.0. The molecule has 0 fully saturated rings. The average molecular weight is 797 g/mol. The number of carbonyl (C=O) groups excluding carboxylic acids is 1. The normalized spacial score (nSPS) is 10.8. The van der Waals surface area contributed by atoms with Crippen molar-refractivity contribution in [1.82, 2.24) is 0 Å². The Bertz CT molecular complexity index is 2010. The van der Waals surface area contributed by atoms with Crippen LogP contribution in [-0.2, 0) is 4.74 Å². The largest absolute Gasteiger partial charge is 0.494 e. The van der Waals surface area contributed by atoms with E-state index in [9.17, 15) is 14.9 Å². The maximum atomic E-state index is 12.6. The second-order valence-electron chi connectivity index (χ2n) is 14.7. The number of carbonyl (C=O) groups is 1. The van der Waals surface area contributed by atoms with Gasteiger partial charge in [-0.25, -0.2) is 4.79 Å². The van der Waals surface area contributed by atoms with Gasteiger partial charge in [-0.1, -0.05) is 113 Å². The molecule has 0 atom stereocenters. The fraction of sp³-hybridized carbons (Fsp3) is 0.360. The molecule has 0 heterocycles. The highest BCUT2D eigenvalue weighted by atomic mass is 16.6. The summed E-state index contributed by atoms with van der Waals surface area (Å²) in [4.78, 5) is 22.9. The second-order valence-corrected chi connectivity index (χ2v) is 14.7. The smallest absolute Gasteiger partial charge is 0.338 e. The van der Waals surface area contributed by atoms with Crippen LogP contribution in [0.2, 0.25) is 0 Å². The standard InChI is InChI=1S/C50H56N2O7/c51-39-40-15-17-41(18-16-40)43-23-29-47(30-24-43)56-35-11-7-4-2-1-3-5-8-14-38-59-50(53)45-21-19-42(20-22-45)44-25-31-48(32-26-44)57-36-12-9-6-10-13-37-58-49-33-27-46(28-34-49)52(54)55/h15-34H,1-14,35-38H2. The summed E-state index contributed by atoms with van der Waals surface area (Å²) in [7, 11) is 0. The lowest BCUT2D eigenvalue weighted by atomic mass is 10.0. The first kappa shape index (κ1) is 44.0. The van der Waals surface area contributed by atoms with Crippen molar-refractivity contribution in [3.63, 3.8) is 0 Å². The first-order chi connectivity index (χ1) is 29.0. The molecule has 5 aromatic carbocycles. The van der Waals surface area contributed by atoms with Crippen LogP contribution in [0.4, 0.5) is 5.69 Å². The molecule has 9 nitrogen and oxygen atoms in total. The van der Waals surface area contributed by atoms with Gasteiger partial charge in [-0.15, -0.1) is 0 Å².